The van der Waals surface area contributed by atoms with Crippen LogP contribution in [0.15, 0.2) is 54.6 Å². The molecular weight excluding hydrogens is 351 g/mol. The van der Waals surface area contributed by atoms with Crippen LogP contribution in [0, 0.1) is 5.82 Å². The van der Waals surface area contributed by atoms with Crippen molar-refractivity contribution in [2.24, 2.45) is 0 Å². The number of carbonyl (C=O) groups excluding carboxylic acids is 3. The summed E-state index contributed by atoms with van der Waals surface area (Å²) in [6.07, 6.45) is 0.723. The van der Waals surface area contributed by atoms with Crippen molar-refractivity contribution in [1.82, 2.24) is 10.6 Å². The smallest absolute Gasteiger partial charge is 0.326 e. The highest BCUT2D eigenvalue weighted by molar-refractivity contribution is 5.96. The first-order valence-corrected chi connectivity index (χ1v) is 8.61. The van der Waals surface area contributed by atoms with Crippen LogP contribution in [0.25, 0.3) is 0 Å². The van der Waals surface area contributed by atoms with Crippen molar-refractivity contribution in [3.63, 3.8) is 0 Å². The van der Waals surface area contributed by atoms with E-state index in [0.29, 0.717) is 5.56 Å². The van der Waals surface area contributed by atoms with Gasteiger partial charge in [0.1, 0.15) is 12.4 Å². The molecule has 2 amide bonds. The number of amides is 2. The van der Waals surface area contributed by atoms with Crippen LogP contribution in [-0.4, -0.2) is 30.4 Å². The molecule has 0 aliphatic heterocycles. The Balaban J connectivity index is 1.60. The third-order valence-electron chi connectivity index (χ3n) is 3.99. The van der Waals surface area contributed by atoms with Gasteiger partial charge in [-0.2, -0.15) is 0 Å². The van der Waals surface area contributed by atoms with Crippen LogP contribution in [0.3, 0.4) is 0 Å². The first kappa shape index (κ1) is 18.6. The Hall–Kier alpha value is -3.22. The Morgan fingerprint density at radius 3 is 2.48 bits per heavy atom. The zero-order valence-electron chi connectivity index (χ0n) is 14.5. The van der Waals surface area contributed by atoms with E-state index in [2.05, 4.69) is 10.6 Å². The summed E-state index contributed by atoms with van der Waals surface area (Å²) in [6.45, 7) is -0.435. The number of esters is 1. The maximum atomic E-state index is 13.2. The predicted molar refractivity (Wildman–Crippen MR) is 95.2 cm³/mol. The molecule has 1 saturated carbocycles. The Kier molecular flexibility index (Phi) is 5.80. The minimum absolute atomic E-state index is 0.0916. The normalized spacial score (nSPS) is 14.1. The molecule has 0 bridgehead atoms. The molecule has 0 unspecified atom stereocenters. The highest BCUT2D eigenvalue weighted by Crippen LogP contribution is 2.23. The van der Waals surface area contributed by atoms with E-state index in [1.165, 1.54) is 18.2 Å². The lowest BCUT2D eigenvalue weighted by molar-refractivity contribution is -0.155. The van der Waals surface area contributed by atoms with Crippen molar-refractivity contribution in [1.29, 1.82) is 0 Å². The van der Waals surface area contributed by atoms with Crippen LogP contribution in [0.5, 0.6) is 0 Å². The molecule has 1 atom stereocenters. The van der Waals surface area contributed by atoms with E-state index in [9.17, 15) is 18.8 Å². The van der Waals surface area contributed by atoms with Crippen molar-refractivity contribution in [3.8, 4) is 0 Å². The first-order chi connectivity index (χ1) is 13.0. The molecule has 2 aromatic rings. The number of hydrogen-bond acceptors (Lipinski definition) is 4. The van der Waals surface area contributed by atoms with Gasteiger partial charge in [-0.05, 0) is 31.0 Å². The third-order valence-corrected chi connectivity index (χ3v) is 3.99. The molecule has 0 aromatic heterocycles. The zero-order chi connectivity index (χ0) is 19.2. The van der Waals surface area contributed by atoms with Crippen LogP contribution >= 0.6 is 0 Å². The molecular formula is C20H19FN2O4. The van der Waals surface area contributed by atoms with Crippen molar-refractivity contribution in [3.05, 3.63) is 71.5 Å². The van der Waals surface area contributed by atoms with Gasteiger partial charge in [0.15, 0.2) is 0 Å². The van der Waals surface area contributed by atoms with Gasteiger partial charge in [-0.15, -0.1) is 0 Å². The second kappa shape index (κ2) is 8.44. The molecule has 1 aliphatic carbocycles. The van der Waals surface area contributed by atoms with Crippen LogP contribution in [0.1, 0.15) is 34.9 Å². The van der Waals surface area contributed by atoms with Gasteiger partial charge in [0.2, 0.25) is 6.10 Å². The molecule has 140 valence electrons. The molecule has 0 heterocycles. The van der Waals surface area contributed by atoms with Gasteiger partial charge in [-0.25, -0.2) is 4.39 Å². The molecule has 1 fully saturated rings. The molecule has 2 aromatic carbocycles. The number of ether oxygens (including phenoxy) is 1. The molecule has 2 N–H and O–H groups in total. The fourth-order valence-corrected chi connectivity index (χ4v) is 2.46. The molecule has 27 heavy (non-hydrogen) atoms. The topological polar surface area (TPSA) is 84.5 Å². The van der Waals surface area contributed by atoms with Gasteiger partial charge in [-0.3, -0.25) is 14.4 Å². The van der Waals surface area contributed by atoms with Gasteiger partial charge in [0.25, 0.3) is 11.8 Å². The van der Waals surface area contributed by atoms with Crippen LogP contribution in [0.2, 0.25) is 0 Å². The summed E-state index contributed by atoms with van der Waals surface area (Å²) in [4.78, 5) is 36.5. The molecule has 1 aliphatic rings. The van der Waals surface area contributed by atoms with Crippen molar-refractivity contribution in [2.75, 3.05) is 6.54 Å². The average molecular weight is 370 g/mol. The summed E-state index contributed by atoms with van der Waals surface area (Å²) in [7, 11) is 0. The van der Waals surface area contributed by atoms with Crippen molar-refractivity contribution in [2.45, 2.75) is 25.0 Å². The second-order valence-electron chi connectivity index (χ2n) is 6.26. The SMILES string of the molecule is O=C(CNC(=O)c1cccc(F)c1)O[C@@H](C(=O)NC1CC1)c1ccccc1. The van der Waals surface area contributed by atoms with E-state index in [4.69, 9.17) is 4.74 Å². The highest BCUT2D eigenvalue weighted by Gasteiger charge is 2.30. The lowest BCUT2D eigenvalue weighted by Crippen LogP contribution is -2.36. The quantitative estimate of drug-likeness (QED) is 0.731. The summed E-state index contributed by atoms with van der Waals surface area (Å²) >= 11 is 0. The van der Waals surface area contributed by atoms with E-state index in [-0.39, 0.29) is 11.6 Å². The van der Waals surface area contributed by atoms with Crippen molar-refractivity contribution < 1.29 is 23.5 Å². The van der Waals surface area contributed by atoms with E-state index in [0.717, 1.165) is 18.9 Å². The third kappa shape index (κ3) is 5.37. The summed E-state index contributed by atoms with van der Waals surface area (Å²) in [6, 6.07) is 13.9. The molecule has 0 saturated heterocycles. The summed E-state index contributed by atoms with van der Waals surface area (Å²) in [5.74, 6) is -2.32. The van der Waals surface area contributed by atoms with Crippen LogP contribution in [0.4, 0.5) is 4.39 Å². The van der Waals surface area contributed by atoms with Gasteiger partial charge in [0.05, 0.1) is 0 Å². The first-order valence-electron chi connectivity index (χ1n) is 8.61. The van der Waals surface area contributed by atoms with Crippen LogP contribution < -0.4 is 10.6 Å². The van der Waals surface area contributed by atoms with E-state index in [1.54, 1.807) is 30.3 Å². The Morgan fingerprint density at radius 1 is 1.07 bits per heavy atom. The number of hydrogen-bond donors (Lipinski definition) is 2. The monoisotopic (exact) mass is 370 g/mol. The lowest BCUT2D eigenvalue weighted by Gasteiger charge is -2.18. The maximum Gasteiger partial charge on any atom is 0.326 e. The Labute approximate surface area is 155 Å². The van der Waals surface area contributed by atoms with Gasteiger partial charge < -0.3 is 15.4 Å². The zero-order valence-corrected chi connectivity index (χ0v) is 14.5. The van der Waals surface area contributed by atoms with E-state index >= 15 is 0 Å². The Bertz CT molecular complexity index is 837. The molecule has 0 radical (unpaired) electrons. The minimum Gasteiger partial charge on any atom is -0.446 e. The maximum absolute atomic E-state index is 13.2. The molecule has 3 rings (SSSR count). The van der Waals surface area contributed by atoms with Crippen molar-refractivity contribution >= 4 is 17.8 Å². The van der Waals surface area contributed by atoms with E-state index < -0.39 is 36.2 Å². The number of halogens is 1. The standard InChI is InChI=1S/C20H19FN2O4/c21-15-8-4-7-14(11-15)19(25)22-12-17(24)27-18(13-5-2-1-3-6-13)20(26)23-16-9-10-16/h1-8,11,16,18H,9-10,12H2,(H,22,25)(H,23,26)/t18-/m1/s1. The highest BCUT2D eigenvalue weighted by atomic mass is 19.1. The van der Waals surface area contributed by atoms with Gasteiger partial charge >= 0.3 is 5.97 Å². The van der Waals surface area contributed by atoms with Gasteiger partial charge in [-0.1, -0.05) is 36.4 Å². The molecule has 7 heteroatoms. The average Bonchev–Trinajstić information content (AvgIpc) is 3.48. The van der Waals surface area contributed by atoms with E-state index in [1.807, 2.05) is 0 Å². The fourth-order valence-electron chi connectivity index (χ4n) is 2.46. The van der Waals surface area contributed by atoms with Crippen LogP contribution in [-0.2, 0) is 14.3 Å². The number of nitrogens with one attached hydrogen (secondary N) is 2. The number of rotatable bonds is 7. The summed E-state index contributed by atoms with van der Waals surface area (Å²) in [5, 5.41) is 5.17. The predicted octanol–water partition coefficient (Wildman–Crippen LogP) is 2.12. The summed E-state index contributed by atoms with van der Waals surface area (Å²) in [5.41, 5.74) is 0.634. The summed E-state index contributed by atoms with van der Waals surface area (Å²) < 4.78 is 18.5. The molecule has 0 spiro atoms. The number of benzene rings is 2. The second-order valence-corrected chi connectivity index (χ2v) is 6.26. The Morgan fingerprint density at radius 2 is 1.81 bits per heavy atom. The molecule has 6 nitrogen and oxygen atoms in total. The number of carbonyl (C=O) groups is 3. The largest absolute Gasteiger partial charge is 0.446 e. The fraction of sp³-hybridized carbons (Fsp3) is 0.250. The minimum atomic E-state index is -1.09. The lowest BCUT2D eigenvalue weighted by atomic mass is 10.1. The van der Waals surface area contributed by atoms with Gasteiger partial charge in [0, 0.05) is 17.2 Å².